The molecule has 0 bridgehead atoms. The van der Waals surface area contributed by atoms with Crippen molar-refractivity contribution in [2.45, 2.75) is 38.5 Å². The molecule has 4 N–H and O–H groups in total. The minimum absolute atomic E-state index is 0.0851. The minimum Gasteiger partial charge on any atom is -0.369 e. The molecule has 0 aliphatic heterocycles. The third-order valence-corrected chi connectivity index (χ3v) is 3.09. The summed E-state index contributed by atoms with van der Waals surface area (Å²) < 4.78 is 0. The lowest BCUT2D eigenvalue weighted by molar-refractivity contribution is -0.123. The standard InChI is InChI=1S/C10H20N2O/c11-7-9(10(12)13)8-5-3-1-2-4-6-8/h8-9H,1-7,11H2,(H2,12,13). The Balaban J connectivity index is 2.50. The Morgan fingerprint density at radius 3 is 2.15 bits per heavy atom. The number of carbonyl (C=O) groups excluding carboxylic acids is 1. The molecule has 13 heavy (non-hydrogen) atoms. The SMILES string of the molecule is NCC(C(N)=O)C1CCCCCC1. The second-order valence-electron chi connectivity index (χ2n) is 4.00. The van der Waals surface area contributed by atoms with Gasteiger partial charge in [-0.3, -0.25) is 4.79 Å². The van der Waals surface area contributed by atoms with Gasteiger partial charge in [-0.05, 0) is 18.8 Å². The Kier molecular flexibility index (Phi) is 4.22. The van der Waals surface area contributed by atoms with Crippen LogP contribution in [0.25, 0.3) is 0 Å². The van der Waals surface area contributed by atoms with Crippen molar-refractivity contribution in [1.82, 2.24) is 0 Å². The van der Waals surface area contributed by atoms with Gasteiger partial charge in [0.1, 0.15) is 0 Å². The maximum atomic E-state index is 11.1. The molecule has 1 amide bonds. The molecule has 1 rings (SSSR count). The molecule has 1 atom stereocenters. The van der Waals surface area contributed by atoms with Crippen LogP contribution in [-0.4, -0.2) is 12.5 Å². The van der Waals surface area contributed by atoms with Gasteiger partial charge in [0.05, 0.1) is 5.92 Å². The van der Waals surface area contributed by atoms with E-state index in [1.807, 2.05) is 0 Å². The molecular weight excluding hydrogens is 164 g/mol. The van der Waals surface area contributed by atoms with Crippen LogP contribution in [0.1, 0.15) is 38.5 Å². The van der Waals surface area contributed by atoms with Gasteiger partial charge < -0.3 is 11.5 Å². The van der Waals surface area contributed by atoms with E-state index >= 15 is 0 Å². The number of hydrogen-bond donors (Lipinski definition) is 2. The summed E-state index contributed by atoms with van der Waals surface area (Å²) in [5.74, 6) is 0.150. The van der Waals surface area contributed by atoms with Crippen molar-refractivity contribution < 1.29 is 4.79 Å². The first-order valence-electron chi connectivity index (χ1n) is 5.25. The highest BCUT2D eigenvalue weighted by atomic mass is 16.1. The fraction of sp³-hybridized carbons (Fsp3) is 0.900. The second-order valence-corrected chi connectivity index (χ2v) is 4.00. The molecule has 0 saturated heterocycles. The summed E-state index contributed by atoms with van der Waals surface area (Å²) in [6, 6.07) is 0. The van der Waals surface area contributed by atoms with Crippen molar-refractivity contribution in [1.29, 1.82) is 0 Å². The highest BCUT2D eigenvalue weighted by Gasteiger charge is 2.25. The molecule has 1 fully saturated rings. The van der Waals surface area contributed by atoms with Gasteiger partial charge in [0.15, 0.2) is 0 Å². The molecule has 0 heterocycles. The van der Waals surface area contributed by atoms with E-state index in [4.69, 9.17) is 11.5 Å². The molecule has 1 aliphatic rings. The van der Waals surface area contributed by atoms with E-state index < -0.39 is 0 Å². The molecule has 0 aromatic rings. The number of amides is 1. The zero-order chi connectivity index (χ0) is 9.68. The zero-order valence-electron chi connectivity index (χ0n) is 8.17. The van der Waals surface area contributed by atoms with Crippen LogP contribution in [0.5, 0.6) is 0 Å². The van der Waals surface area contributed by atoms with Gasteiger partial charge in [-0.25, -0.2) is 0 Å². The van der Waals surface area contributed by atoms with Crippen LogP contribution in [0.4, 0.5) is 0 Å². The van der Waals surface area contributed by atoms with Crippen molar-refractivity contribution in [2.75, 3.05) is 6.54 Å². The normalized spacial score (nSPS) is 22.2. The van der Waals surface area contributed by atoms with Gasteiger partial charge >= 0.3 is 0 Å². The number of carbonyl (C=O) groups is 1. The molecule has 76 valence electrons. The Morgan fingerprint density at radius 2 is 1.77 bits per heavy atom. The lowest BCUT2D eigenvalue weighted by Gasteiger charge is -2.21. The fourth-order valence-electron chi connectivity index (χ4n) is 2.25. The zero-order valence-corrected chi connectivity index (χ0v) is 8.17. The maximum absolute atomic E-state index is 11.1. The number of hydrogen-bond acceptors (Lipinski definition) is 2. The van der Waals surface area contributed by atoms with E-state index in [9.17, 15) is 4.79 Å². The van der Waals surface area contributed by atoms with E-state index in [-0.39, 0.29) is 11.8 Å². The third kappa shape index (κ3) is 2.99. The Bertz CT molecular complexity index is 162. The van der Waals surface area contributed by atoms with Gasteiger partial charge in [-0.1, -0.05) is 25.7 Å². The molecule has 0 spiro atoms. The van der Waals surface area contributed by atoms with Crippen LogP contribution in [0.2, 0.25) is 0 Å². The van der Waals surface area contributed by atoms with Crippen LogP contribution < -0.4 is 11.5 Å². The summed E-state index contributed by atoms with van der Waals surface area (Å²) in [6.45, 7) is 0.417. The number of rotatable bonds is 3. The van der Waals surface area contributed by atoms with Crippen molar-refractivity contribution in [3.05, 3.63) is 0 Å². The third-order valence-electron chi connectivity index (χ3n) is 3.09. The summed E-state index contributed by atoms with van der Waals surface area (Å²) in [4.78, 5) is 11.1. The Labute approximate surface area is 79.9 Å². The first-order valence-corrected chi connectivity index (χ1v) is 5.25. The van der Waals surface area contributed by atoms with E-state index in [1.54, 1.807) is 0 Å². The number of nitrogens with two attached hydrogens (primary N) is 2. The summed E-state index contributed by atoms with van der Waals surface area (Å²) in [5, 5.41) is 0. The van der Waals surface area contributed by atoms with E-state index in [0.717, 1.165) is 12.8 Å². The monoisotopic (exact) mass is 184 g/mol. The summed E-state index contributed by atoms with van der Waals surface area (Å²) in [5.41, 5.74) is 10.9. The maximum Gasteiger partial charge on any atom is 0.222 e. The second kappa shape index (κ2) is 5.22. The predicted molar refractivity (Wildman–Crippen MR) is 52.9 cm³/mol. The summed E-state index contributed by atoms with van der Waals surface area (Å²) in [6.07, 6.45) is 7.32. The molecule has 0 aromatic heterocycles. The van der Waals surface area contributed by atoms with E-state index in [2.05, 4.69) is 0 Å². The van der Waals surface area contributed by atoms with Gasteiger partial charge in [0, 0.05) is 6.54 Å². The molecular formula is C10H20N2O. The summed E-state index contributed by atoms with van der Waals surface area (Å²) in [7, 11) is 0. The quantitative estimate of drug-likeness (QED) is 0.643. The Morgan fingerprint density at radius 1 is 1.23 bits per heavy atom. The molecule has 0 aromatic carbocycles. The highest BCUT2D eigenvalue weighted by molar-refractivity contribution is 5.77. The van der Waals surface area contributed by atoms with E-state index in [0.29, 0.717) is 12.5 Å². The smallest absolute Gasteiger partial charge is 0.222 e. The average molecular weight is 184 g/mol. The van der Waals surface area contributed by atoms with Gasteiger partial charge in [-0.15, -0.1) is 0 Å². The molecule has 0 radical (unpaired) electrons. The van der Waals surface area contributed by atoms with Crippen LogP contribution in [0, 0.1) is 11.8 Å². The van der Waals surface area contributed by atoms with Gasteiger partial charge in [0.25, 0.3) is 0 Å². The van der Waals surface area contributed by atoms with Crippen LogP contribution in [0.15, 0.2) is 0 Å². The van der Waals surface area contributed by atoms with Crippen molar-refractivity contribution in [3.8, 4) is 0 Å². The summed E-state index contributed by atoms with van der Waals surface area (Å²) >= 11 is 0. The minimum atomic E-state index is -0.214. The lowest BCUT2D eigenvalue weighted by atomic mass is 9.86. The van der Waals surface area contributed by atoms with Crippen LogP contribution in [-0.2, 0) is 4.79 Å². The average Bonchev–Trinajstić information content (AvgIpc) is 2.33. The molecule has 1 aliphatic carbocycles. The van der Waals surface area contributed by atoms with Crippen LogP contribution in [0.3, 0.4) is 0 Å². The predicted octanol–water partition coefficient (Wildman–Crippen LogP) is 1.02. The molecule has 1 unspecified atom stereocenters. The molecule has 3 nitrogen and oxygen atoms in total. The van der Waals surface area contributed by atoms with Gasteiger partial charge in [0.2, 0.25) is 5.91 Å². The van der Waals surface area contributed by atoms with Crippen LogP contribution >= 0.6 is 0 Å². The van der Waals surface area contributed by atoms with Crippen molar-refractivity contribution >= 4 is 5.91 Å². The van der Waals surface area contributed by atoms with Crippen molar-refractivity contribution in [3.63, 3.8) is 0 Å². The Hall–Kier alpha value is -0.570. The molecule has 3 heteroatoms. The topological polar surface area (TPSA) is 69.1 Å². The van der Waals surface area contributed by atoms with E-state index in [1.165, 1.54) is 25.7 Å². The first-order chi connectivity index (χ1) is 6.25. The fourth-order valence-corrected chi connectivity index (χ4v) is 2.25. The van der Waals surface area contributed by atoms with Crippen molar-refractivity contribution in [2.24, 2.45) is 23.3 Å². The lowest BCUT2D eigenvalue weighted by Crippen LogP contribution is -2.35. The van der Waals surface area contributed by atoms with Gasteiger partial charge in [-0.2, -0.15) is 0 Å². The largest absolute Gasteiger partial charge is 0.369 e. The first kappa shape index (κ1) is 10.5. The molecule has 1 saturated carbocycles. The highest BCUT2D eigenvalue weighted by Crippen LogP contribution is 2.28. The number of primary amides is 1.